The fraction of sp³-hybridized carbons (Fsp3) is 0.529. The summed E-state index contributed by atoms with van der Waals surface area (Å²) in [6, 6.07) is 0. The van der Waals surface area contributed by atoms with Crippen molar-refractivity contribution in [1.29, 1.82) is 0 Å². The molecule has 0 heteroatoms. The van der Waals surface area contributed by atoms with E-state index in [-0.39, 0.29) is 0 Å². The van der Waals surface area contributed by atoms with Crippen molar-refractivity contribution >= 4 is 0 Å². The molecule has 0 amide bonds. The summed E-state index contributed by atoms with van der Waals surface area (Å²) < 4.78 is 0. The van der Waals surface area contributed by atoms with Gasteiger partial charge in [-0.2, -0.15) is 0 Å². The van der Waals surface area contributed by atoms with Crippen molar-refractivity contribution < 1.29 is 0 Å². The molecule has 2 atom stereocenters. The molecule has 2 unspecified atom stereocenters. The maximum Gasteiger partial charge on any atom is -0.00238 e. The molecule has 0 aliphatic rings. The van der Waals surface area contributed by atoms with Crippen LogP contribution in [0.25, 0.3) is 0 Å². The Morgan fingerprint density at radius 1 is 1.29 bits per heavy atom. The van der Waals surface area contributed by atoms with Crippen LogP contribution in [0.4, 0.5) is 0 Å². The summed E-state index contributed by atoms with van der Waals surface area (Å²) in [5, 5.41) is 0. The normalized spacial score (nSPS) is 15.9. The molecule has 17 heavy (non-hydrogen) atoms. The molecular formula is C17H28. The summed E-state index contributed by atoms with van der Waals surface area (Å²) in [5.41, 5.74) is 2.74. The molecule has 0 heterocycles. The summed E-state index contributed by atoms with van der Waals surface area (Å²) in [7, 11) is 0. The van der Waals surface area contributed by atoms with Crippen LogP contribution in [-0.4, -0.2) is 0 Å². The molecule has 0 rings (SSSR count). The topological polar surface area (TPSA) is 0 Å². The van der Waals surface area contributed by atoms with Gasteiger partial charge in [0.25, 0.3) is 0 Å². The molecule has 0 aliphatic heterocycles. The third-order valence-electron chi connectivity index (χ3n) is 3.40. The minimum atomic E-state index is 0.491. The van der Waals surface area contributed by atoms with Gasteiger partial charge < -0.3 is 0 Å². The van der Waals surface area contributed by atoms with Gasteiger partial charge >= 0.3 is 0 Å². The van der Waals surface area contributed by atoms with Gasteiger partial charge in [0.2, 0.25) is 0 Å². The first-order valence-corrected chi connectivity index (χ1v) is 6.60. The van der Waals surface area contributed by atoms with Crippen LogP contribution in [0.2, 0.25) is 0 Å². The Kier molecular flexibility index (Phi) is 8.49. The molecule has 0 saturated carbocycles. The maximum absolute atomic E-state index is 4.16. The van der Waals surface area contributed by atoms with Crippen molar-refractivity contribution in [3.8, 4) is 0 Å². The largest absolute Gasteiger partial charge is 0.103 e. The first-order chi connectivity index (χ1) is 8.02. The highest BCUT2D eigenvalue weighted by Gasteiger charge is 2.07. The summed E-state index contributed by atoms with van der Waals surface area (Å²) in [5.74, 6) is 1.10. The van der Waals surface area contributed by atoms with E-state index >= 15 is 0 Å². The first-order valence-electron chi connectivity index (χ1n) is 6.60. The lowest BCUT2D eigenvalue weighted by Gasteiger charge is -2.15. The highest BCUT2D eigenvalue weighted by Crippen LogP contribution is 2.22. The SMILES string of the molecule is C=CC(C)CCC=C(C)C(C)C(=C)CC=CC. The smallest absolute Gasteiger partial charge is 0.00238 e. The van der Waals surface area contributed by atoms with Crippen LogP contribution < -0.4 is 0 Å². The second-order valence-electron chi connectivity index (χ2n) is 4.89. The molecule has 0 bridgehead atoms. The molecular weight excluding hydrogens is 204 g/mol. The maximum atomic E-state index is 4.16. The summed E-state index contributed by atoms with van der Waals surface area (Å²) in [4.78, 5) is 0. The summed E-state index contributed by atoms with van der Waals surface area (Å²) >= 11 is 0. The van der Waals surface area contributed by atoms with Crippen LogP contribution in [0.1, 0.15) is 47.0 Å². The Balaban J connectivity index is 4.18. The van der Waals surface area contributed by atoms with E-state index in [9.17, 15) is 0 Å². The van der Waals surface area contributed by atoms with Gasteiger partial charge in [-0.05, 0) is 44.9 Å². The van der Waals surface area contributed by atoms with Gasteiger partial charge in [-0.25, -0.2) is 0 Å². The van der Waals surface area contributed by atoms with Gasteiger partial charge in [0.05, 0.1) is 0 Å². The second-order valence-corrected chi connectivity index (χ2v) is 4.89. The van der Waals surface area contributed by atoms with Crippen LogP contribution in [-0.2, 0) is 0 Å². The van der Waals surface area contributed by atoms with Crippen LogP contribution in [0.5, 0.6) is 0 Å². The highest BCUT2D eigenvalue weighted by molar-refractivity contribution is 5.18. The van der Waals surface area contributed by atoms with Crippen molar-refractivity contribution in [2.24, 2.45) is 11.8 Å². The molecule has 0 aromatic rings. The molecule has 0 radical (unpaired) electrons. The minimum Gasteiger partial charge on any atom is -0.103 e. The molecule has 0 saturated heterocycles. The standard InChI is InChI=1S/C17H28/c1-7-9-12-15(4)17(6)16(5)13-10-11-14(3)8-2/h7-9,13-14,17H,2,4,10-12H2,1,3,5-6H3. The van der Waals surface area contributed by atoms with E-state index in [2.05, 4.69) is 59.1 Å². The molecule has 0 fully saturated rings. The quantitative estimate of drug-likeness (QED) is 0.471. The lowest BCUT2D eigenvalue weighted by molar-refractivity contribution is 0.652. The first kappa shape index (κ1) is 16.0. The molecule has 0 aliphatic carbocycles. The average Bonchev–Trinajstić information content (AvgIpc) is 2.34. The van der Waals surface area contributed by atoms with Gasteiger partial charge in [-0.3, -0.25) is 0 Å². The summed E-state index contributed by atoms with van der Waals surface area (Å²) in [6.45, 7) is 16.7. The van der Waals surface area contributed by atoms with E-state index in [1.807, 2.05) is 6.08 Å². The second kappa shape index (κ2) is 9.04. The lowest BCUT2D eigenvalue weighted by atomic mass is 9.91. The number of hydrogen-bond donors (Lipinski definition) is 0. The van der Waals surface area contributed by atoms with Gasteiger partial charge in [0.15, 0.2) is 0 Å². The molecule has 0 aromatic heterocycles. The zero-order chi connectivity index (χ0) is 13.3. The molecule has 0 N–H and O–H groups in total. The highest BCUT2D eigenvalue weighted by atomic mass is 14.1. The molecule has 96 valence electrons. The van der Waals surface area contributed by atoms with E-state index in [0.717, 1.165) is 12.8 Å². The number of allylic oxidation sites excluding steroid dienone is 6. The average molecular weight is 232 g/mol. The fourth-order valence-corrected chi connectivity index (χ4v) is 1.64. The van der Waals surface area contributed by atoms with Gasteiger partial charge in [0.1, 0.15) is 0 Å². The van der Waals surface area contributed by atoms with Crippen molar-refractivity contribution in [2.45, 2.75) is 47.0 Å². The fourth-order valence-electron chi connectivity index (χ4n) is 1.64. The van der Waals surface area contributed by atoms with E-state index in [4.69, 9.17) is 0 Å². The Bertz CT molecular complexity index is 291. The third-order valence-corrected chi connectivity index (χ3v) is 3.40. The third kappa shape index (κ3) is 6.99. The molecule has 0 spiro atoms. The van der Waals surface area contributed by atoms with Gasteiger partial charge in [0, 0.05) is 0 Å². The summed E-state index contributed by atoms with van der Waals surface area (Å²) in [6.07, 6.45) is 12.0. The molecule has 0 aromatic carbocycles. The van der Waals surface area contributed by atoms with E-state index < -0.39 is 0 Å². The van der Waals surface area contributed by atoms with Crippen molar-refractivity contribution in [3.05, 3.63) is 48.6 Å². The van der Waals surface area contributed by atoms with Gasteiger partial charge in [-0.15, -0.1) is 6.58 Å². The Hall–Kier alpha value is -1.04. The zero-order valence-corrected chi connectivity index (χ0v) is 12.0. The van der Waals surface area contributed by atoms with Crippen molar-refractivity contribution in [3.63, 3.8) is 0 Å². The number of hydrogen-bond acceptors (Lipinski definition) is 0. The van der Waals surface area contributed by atoms with Crippen LogP contribution >= 0.6 is 0 Å². The zero-order valence-electron chi connectivity index (χ0n) is 12.0. The minimum absolute atomic E-state index is 0.491. The predicted molar refractivity (Wildman–Crippen MR) is 80.1 cm³/mol. The molecule has 0 nitrogen and oxygen atoms in total. The van der Waals surface area contributed by atoms with Crippen LogP contribution in [0.15, 0.2) is 48.6 Å². The van der Waals surface area contributed by atoms with E-state index in [1.165, 1.54) is 17.6 Å². The van der Waals surface area contributed by atoms with Crippen LogP contribution in [0, 0.1) is 11.8 Å². The Morgan fingerprint density at radius 3 is 2.47 bits per heavy atom. The monoisotopic (exact) mass is 232 g/mol. The lowest BCUT2D eigenvalue weighted by Crippen LogP contribution is -2.00. The van der Waals surface area contributed by atoms with Crippen molar-refractivity contribution in [1.82, 2.24) is 0 Å². The van der Waals surface area contributed by atoms with Gasteiger partial charge in [-0.1, -0.05) is 55.9 Å². The predicted octanol–water partition coefficient (Wildman–Crippen LogP) is 5.69. The van der Waals surface area contributed by atoms with E-state index in [0.29, 0.717) is 11.8 Å². The Labute approximate surface area is 108 Å². The van der Waals surface area contributed by atoms with E-state index in [1.54, 1.807) is 0 Å². The number of rotatable bonds is 8. The van der Waals surface area contributed by atoms with Crippen molar-refractivity contribution in [2.75, 3.05) is 0 Å². The van der Waals surface area contributed by atoms with Crippen LogP contribution in [0.3, 0.4) is 0 Å². The Morgan fingerprint density at radius 2 is 1.94 bits per heavy atom.